The van der Waals surface area contributed by atoms with Crippen LogP contribution in [-0.4, -0.2) is 50.6 Å². The predicted molar refractivity (Wildman–Crippen MR) is 119 cm³/mol. The number of benzene rings is 2. The molecule has 4 rings (SSSR count). The summed E-state index contributed by atoms with van der Waals surface area (Å²) in [4.78, 5) is 27.6. The van der Waals surface area contributed by atoms with Crippen molar-refractivity contribution in [3.8, 4) is 5.75 Å². The lowest BCUT2D eigenvalue weighted by atomic mass is 10.2. The van der Waals surface area contributed by atoms with Crippen LogP contribution in [0.25, 0.3) is 0 Å². The number of thioether (sulfide) groups is 1. The van der Waals surface area contributed by atoms with Crippen LogP contribution in [0.2, 0.25) is 0 Å². The second kappa shape index (κ2) is 8.43. The summed E-state index contributed by atoms with van der Waals surface area (Å²) in [6.45, 7) is 3.19. The SMILES string of the molecule is COc1ccc(C)cc1NS(=O)(=O)c1ccc2c(c1)NC(=O)C(C(=O)N1CCCC1)S2. The Morgan fingerprint density at radius 2 is 1.94 bits per heavy atom. The van der Waals surface area contributed by atoms with Crippen molar-refractivity contribution in [1.82, 2.24) is 4.90 Å². The number of aryl methyl sites for hydroxylation is 1. The molecule has 164 valence electrons. The standard InChI is InChI=1S/C21H23N3O5S2/c1-13-5-7-17(29-2)15(11-13)23-31(27,28)14-6-8-18-16(12-14)22-20(25)19(30-18)21(26)24-9-3-4-10-24/h5-8,11-12,19,23H,3-4,9-10H2,1-2H3,(H,22,25). The van der Waals surface area contributed by atoms with E-state index in [1.165, 1.54) is 19.2 Å². The van der Waals surface area contributed by atoms with Gasteiger partial charge in [-0.15, -0.1) is 11.8 Å². The van der Waals surface area contributed by atoms with E-state index in [9.17, 15) is 18.0 Å². The Kier molecular flexibility index (Phi) is 5.85. The van der Waals surface area contributed by atoms with E-state index in [0.29, 0.717) is 35.1 Å². The van der Waals surface area contributed by atoms with Crippen molar-refractivity contribution in [2.24, 2.45) is 0 Å². The Morgan fingerprint density at radius 1 is 1.19 bits per heavy atom. The topological polar surface area (TPSA) is 105 Å². The van der Waals surface area contributed by atoms with Gasteiger partial charge in [0.05, 0.1) is 23.4 Å². The number of rotatable bonds is 5. The van der Waals surface area contributed by atoms with Gasteiger partial charge in [0, 0.05) is 18.0 Å². The molecule has 2 aromatic rings. The van der Waals surface area contributed by atoms with E-state index in [1.54, 1.807) is 23.1 Å². The van der Waals surface area contributed by atoms with Crippen LogP contribution in [0.15, 0.2) is 46.2 Å². The van der Waals surface area contributed by atoms with Crippen LogP contribution in [0.4, 0.5) is 11.4 Å². The number of anilines is 2. The normalized spacial score (nSPS) is 18.3. The van der Waals surface area contributed by atoms with Crippen molar-refractivity contribution in [3.05, 3.63) is 42.0 Å². The van der Waals surface area contributed by atoms with E-state index in [4.69, 9.17) is 4.74 Å². The number of amides is 2. The number of nitrogens with one attached hydrogen (secondary N) is 2. The van der Waals surface area contributed by atoms with E-state index in [-0.39, 0.29) is 10.8 Å². The number of ether oxygens (including phenoxy) is 1. The molecule has 2 aliphatic rings. The maximum absolute atomic E-state index is 12.9. The van der Waals surface area contributed by atoms with E-state index in [0.717, 1.165) is 30.2 Å². The Morgan fingerprint density at radius 3 is 2.65 bits per heavy atom. The number of nitrogens with zero attached hydrogens (tertiary/aromatic N) is 1. The highest BCUT2D eigenvalue weighted by Gasteiger charge is 2.37. The molecule has 0 spiro atoms. The third kappa shape index (κ3) is 4.35. The largest absolute Gasteiger partial charge is 0.495 e. The van der Waals surface area contributed by atoms with Crippen LogP contribution in [0.5, 0.6) is 5.75 Å². The molecule has 1 atom stereocenters. The molecule has 0 aromatic heterocycles. The van der Waals surface area contributed by atoms with Crippen LogP contribution in [0, 0.1) is 6.92 Å². The van der Waals surface area contributed by atoms with Crippen molar-refractivity contribution < 1.29 is 22.7 Å². The first kappa shape index (κ1) is 21.5. The fourth-order valence-electron chi connectivity index (χ4n) is 3.63. The number of likely N-dealkylation sites (tertiary alicyclic amines) is 1. The summed E-state index contributed by atoms with van der Waals surface area (Å²) in [5.74, 6) is -0.230. The molecule has 0 bridgehead atoms. The highest BCUT2D eigenvalue weighted by molar-refractivity contribution is 8.01. The predicted octanol–water partition coefficient (Wildman–Crippen LogP) is 2.84. The zero-order chi connectivity index (χ0) is 22.2. The van der Waals surface area contributed by atoms with E-state index < -0.39 is 21.2 Å². The molecule has 2 heterocycles. The van der Waals surface area contributed by atoms with Crippen LogP contribution in [-0.2, 0) is 19.6 Å². The summed E-state index contributed by atoms with van der Waals surface area (Å²) >= 11 is 1.15. The molecule has 0 radical (unpaired) electrons. The number of carbonyl (C=O) groups excluding carboxylic acids is 2. The summed E-state index contributed by atoms with van der Waals surface area (Å²) < 4.78 is 33.7. The number of hydrogen-bond acceptors (Lipinski definition) is 6. The first-order valence-electron chi connectivity index (χ1n) is 9.86. The molecule has 1 saturated heterocycles. The Bertz CT molecular complexity index is 1140. The number of carbonyl (C=O) groups is 2. The average Bonchev–Trinajstić information content (AvgIpc) is 3.27. The molecule has 1 unspecified atom stereocenters. The van der Waals surface area contributed by atoms with Gasteiger partial charge in [-0.3, -0.25) is 14.3 Å². The van der Waals surface area contributed by atoms with Crippen LogP contribution < -0.4 is 14.8 Å². The molecule has 1 fully saturated rings. The van der Waals surface area contributed by atoms with Crippen molar-refractivity contribution in [3.63, 3.8) is 0 Å². The minimum Gasteiger partial charge on any atom is -0.495 e. The van der Waals surface area contributed by atoms with Gasteiger partial charge in [0.15, 0.2) is 5.25 Å². The first-order chi connectivity index (χ1) is 14.8. The maximum Gasteiger partial charge on any atom is 0.262 e. The van der Waals surface area contributed by atoms with Crippen LogP contribution in [0.3, 0.4) is 0 Å². The molecular formula is C21H23N3O5S2. The van der Waals surface area contributed by atoms with E-state index in [1.807, 2.05) is 13.0 Å². The van der Waals surface area contributed by atoms with Crippen molar-refractivity contribution in [2.45, 2.75) is 34.8 Å². The van der Waals surface area contributed by atoms with Gasteiger partial charge in [0.2, 0.25) is 11.8 Å². The lowest BCUT2D eigenvalue weighted by molar-refractivity contribution is -0.133. The minimum absolute atomic E-state index is 0.0000265. The van der Waals surface area contributed by atoms with Crippen molar-refractivity contribution in [2.75, 3.05) is 30.2 Å². The number of hydrogen-bond donors (Lipinski definition) is 2. The molecule has 8 nitrogen and oxygen atoms in total. The molecule has 2 amide bonds. The molecule has 31 heavy (non-hydrogen) atoms. The van der Waals surface area contributed by atoms with Gasteiger partial charge in [-0.2, -0.15) is 0 Å². The summed E-state index contributed by atoms with van der Waals surface area (Å²) in [6.07, 6.45) is 1.89. The first-order valence-corrected chi connectivity index (χ1v) is 12.2. The fraction of sp³-hybridized carbons (Fsp3) is 0.333. The lowest BCUT2D eigenvalue weighted by Crippen LogP contribution is -2.43. The average molecular weight is 462 g/mol. The molecule has 0 saturated carbocycles. The van der Waals surface area contributed by atoms with Crippen LogP contribution >= 0.6 is 11.8 Å². The summed E-state index contributed by atoms with van der Waals surface area (Å²) in [5.41, 5.74) is 1.58. The minimum atomic E-state index is -3.92. The monoisotopic (exact) mass is 461 g/mol. The zero-order valence-corrected chi connectivity index (χ0v) is 18.8. The Labute approximate surface area is 185 Å². The molecule has 2 aromatic carbocycles. The van der Waals surface area contributed by atoms with Gasteiger partial charge in [-0.25, -0.2) is 8.42 Å². The Hall–Kier alpha value is -2.72. The van der Waals surface area contributed by atoms with Crippen molar-refractivity contribution in [1.29, 1.82) is 0 Å². The fourth-order valence-corrected chi connectivity index (χ4v) is 5.77. The van der Waals surface area contributed by atoms with E-state index >= 15 is 0 Å². The summed E-state index contributed by atoms with van der Waals surface area (Å²) in [5, 5.41) is 1.84. The van der Waals surface area contributed by atoms with Crippen LogP contribution in [0.1, 0.15) is 18.4 Å². The van der Waals surface area contributed by atoms with Gasteiger partial charge in [-0.1, -0.05) is 6.07 Å². The number of fused-ring (bicyclic) bond motifs is 1. The number of sulfonamides is 1. The molecular weight excluding hydrogens is 438 g/mol. The third-order valence-electron chi connectivity index (χ3n) is 5.24. The highest BCUT2D eigenvalue weighted by atomic mass is 32.2. The van der Waals surface area contributed by atoms with E-state index in [2.05, 4.69) is 10.0 Å². The zero-order valence-electron chi connectivity index (χ0n) is 17.2. The second-order valence-electron chi connectivity index (χ2n) is 7.49. The lowest BCUT2D eigenvalue weighted by Gasteiger charge is -2.27. The third-order valence-corrected chi connectivity index (χ3v) is 7.87. The quantitative estimate of drug-likeness (QED) is 0.664. The summed E-state index contributed by atoms with van der Waals surface area (Å²) in [6, 6.07) is 9.68. The summed E-state index contributed by atoms with van der Waals surface area (Å²) in [7, 11) is -2.46. The van der Waals surface area contributed by atoms with Gasteiger partial charge in [0.1, 0.15) is 5.75 Å². The second-order valence-corrected chi connectivity index (χ2v) is 10.3. The molecule has 10 heteroatoms. The maximum atomic E-state index is 12.9. The van der Waals surface area contributed by atoms with Gasteiger partial charge in [-0.05, 0) is 55.7 Å². The Balaban J connectivity index is 1.57. The van der Waals surface area contributed by atoms with Crippen molar-refractivity contribution >= 4 is 45.0 Å². The molecule has 2 aliphatic heterocycles. The highest BCUT2D eigenvalue weighted by Crippen LogP contribution is 2.38. The van der Waals surface area contributed by atoms with Gasteiger partial charge >= 0.3 is 0 Å². The van der Waals surface area contributed by atoms with Gasteiger partial charge in [0.25, 0.3) is 10.0 Å². The smallest absolute Gasteiger partial charge is 0.262 e. The molecule has 0 aliphatic carbocycles. The molecule has 2 N–H and O–H groups in total. The van der Waals surface area contributed by atoms with Gasteiger partial charge < -0.3 is 15.0 Å². The number of methoxy groups -OCH3 is 1.